The summed E-state index contributed by atoms with van der Waals surface area (Å²) in [5.41, 5.74) is 3.18. The molecule has 0 saturated carbocycles. The van der Waals surface area contributed by atoms with Crippen LogP contribution in [0.25, 0.3) is 0 Å². The van der Waals surface area contributed by atoms with Gasteiger partial charge in [0.2, 0.25) is 0 Å². The lowest BCUT2D eigenvalue weighted by Gasteiger charge is -2.19. The van der Waals surface area contributed by atoms with Gasteiger partial charge in [0.15, 0.2) is 16.6 Å². The molecule has 2 N–H and O–H groups in total. The Morgan fingerprint density at radius 1 is 1.00 bits per heavy atom. The number of benzene rings is 2. The molecule has 2 aromatic carbocycles. The fourth-order valence-electron chi connectivity index (χ4n) is 2.55. The molecule has 126 valence electrons. The lowest BCUT2D eigenvalue weighted by molar-refractivity contribution is 0.171. The maximum absolute atomic E-state index is 5.58. The predicted molar refractivity (Wildman–Crippen MR) is 102 cm³/mol. The molecule has 3 rings (SSSR count). The molecular formula is C19H22N2O2S. The Kier molecular flexibility index (Phi) is 5.20. The summed E-state index contributed by atoms with van der Waals surface area (Å²) in [5, 5.41) is 6.92. The van der Waals surface area contributed by atoms with E-state index in [4.69, 9.17) is 21.7 Å². The molecule has 1 aliphatic heterocycles. The Labute approximate surface area is 148 Å². The summed E-state index contributed by atoms with van der Waals surface area (Å²) in [6.07, 6.45) is 1.14. The van der Waals surface area contributed by atoms with Gasteiger partial charge in [0.1, 0.15) is 13.2 Å². The first-order valence-electron chi connectivity index (χ1n) is 8.23. The minimum absolute atomic E-state index is 0.544. The van der Waals surface area contributed by atoms with Gasteiger partial charge in [-0.2, -0.15) is 0 Å². The minimum Gasteiger partial charge on any atom is -0.486 e. The van der Waals surface area contributed by atoms with Crippen LogP contribution in [0.3, 0.4) is 0 Å². The monoisotopic (exact) mass is 342 g/mol. The van der Waals surface area contributed by atoms with Crippen LogP contribution < -0.4 is 20.1 Å². The van der Waals surface area contributed by atoms with Crippen LogP contribution in [-0.2, 0) is 0 Å². The van der Waals surface area contributed by atoms with E-state index in [9.17, 15) is 0 Å². The second-order valence-electron chi connectivity index (χ2n) is 5.87. The number of rotatable bonds is 4. The van der Waals surface area contributed by atoms with Gasteiger partial charge in [0.25, 0.3) is 0 Å². The van der Waals surface area contributed by atoms with E-state index in [1.165, 1.54) is 5.56 Å². The topological polar surface area (TPSA) is 42.5 Å². The first kappa shape index (κ1) is 16.6. The Bertz CT molecular complexity index is 716. The van der Waals surface area contributed by atoms with Crippen LogP contribution in [0.1, 0.15) is 31.7 Å². The van der Waals surface area contributed by atoms with Gasteiger partial charge in [-0.25, -0.2) is 0 Å². The van der Waals surface area contributed by atoms with Crippen molar-refractivity contribution in [2.24, 2.45) is 0 Å². The van der Waals surface area contributed by atoms with Gasteiger partial charge in [-0.05, 0) is 54.4 Å². The van der Waals surface area contributed by atoms with E-state index in [0.717, 1.165) is 29.3 Å². The third kappa shape index (κ3) is 3.97. The van der Waals surface area contributed by atoms with Gasteiger partial charge >= 0.3 is 0 Å². The van der Waals surface area contributed by atoms with Crippen molar-refractivity contribution in [2.45, 2.75) is 26.2 Å². The van der Waals surface area contributed by atoms with Gasteiger partial charge in [0.05, 0.1) is 0 Å². The fraction of sp³-hybridized carbons (Fsp3) is 0.316. The second-order valence-corrected chi connectivity index (χ2v) is 6.28. The molecule has 0 fully saturated rings. The van der Waals surface area contributed by atoms with Gasteiger partial charge in [-0.1, -0.05) is 26.0 Å². The summed E-state index contributed by atoms with van der Waals surface area (Å²) in [4.78, 5) is 0. The molecule has 0 aliphatic carbocycles. The van der Waals surface area contributed by atoms with Crippen molar-refractivity contribution in [3.05, 3.63) is 48.0 Å². The quantitative estimate of drug-likeness (QED) is 0.783. The van der Waals surface area contributed by atoms with Crippen molar-refractivity contribution in [1.82, 2.24) is 0 Å². The van der Waals surface area contributed by atoms with Gasteiger partial charge < -0.3 is 20.1 Å². The Morgan fingerprint density at radius 2 is 1.62 bits per heavy atom. The smallest absolute Gasteiger partial charge is 0.175 e. The molecule has 0 radical (unpaired) electrons. The van der Waals surface area contributed by atoms with E-state index in [2.05, 4.69) is 48.7 Å². The second kappa shape index (κ2) is 7.53. The maximum Gasteiger partial charge on any atom is 0.175 e. The molecule has 0 amide bonds. The van der Waals surface area contributed by atoms with Gasteiger partial charge in [-0.3, -0.25) is 0 Å². The van der Waals surface area contributed by atoms with E-state index in [0.29, 0.717) is 24.2 Å². The highest BCUT2D eigenvalue weighted by molar-refractivity contribution is 7.80. The van der Waals surface area contributed by atoms with Crippen LogP contribution in [0.15, 0.2) is 42.5 Å². The molecule has 1 aliphatic rings. The zero-order valence-corrected chi connectivity index (χ0v) is 14.8. The van der Waals surface area contributed by atoms with Crippen LogP contribution in [0, 0.1) is 0 Å². The Balaban J connectivity index is 1.61. The van der Waals surface area contributed by atoms with E-state index in [1.54, 1.807) is 0 Å². The van der Waals surface area contributed by atoms with E-state index in [-0.39, 0.29) is 0 Å². The third-order valence-electron chi connectivity index (χ3n) is 4.15. The normalized spacial score (nSPS) is 13.9. The van der Waals surface area contributed by atoms with Gasteiger partial charge in [0, 0.05) is 17.4 Å². The summed E-state index contributed by atoms with van der Waals surface area (Å²) >= 11 is 5.39. The molecule has 2 aromatic rings. The zero-order valence-electron chi connectivity index (χ0n) is 14.0. The first-order chi connectivity index (χ1) is 11.7. The lowest BCUT2D eigenvalue weighted by Crippen LogP contribution is -2.20. The molecule has 0 bridgehead atoms. The Hall–Kier alpha value is -2.27. The van der Waals surface area contributed by atoms with Crippen LogP contribution in [0.4, 0.5) is 11.4 Å². The SMILES string of the molecule is CC[C@@H](C)c1ccc(NC(=S)Nc2ccc3c(c2)OCCO3)cc1. The number of fused-ring (bicyclic) bond motifs is 1. The molecule has 0 aromatic heterocycles. The van der Waals surface area contributed by atoms with Crippen molar-refractivity contribution in [2.75, 3.05) is 23.8 Å². The summed E-state index contributed by atoms with van der Waals surface area (Å²) in [5.74, 6) is 2.08. The summed E-state index contributed by atoms with van der Waals surface area (Å²) < 4.78 is 11.1. The molecular weight excluding hydrogens is 320 g/mol. The van der Waals surface area contributed by atoms with Crippen molar-refractivity contribution >= 4 is 28.7 Å². The highest BCUT2D eigenvalue weighted by Crippen LogP contribution is 2.32. The average Bonchev–Trinajstić information content (AvgIpc) is 2.61. The molecule has 0 saturated heterocycles. The fourth-order valence-corrected chi connectivity index (χ4v) is 2.78. The molecule has 5 heteroatoms. The number of ether oxygens (including phenoxy) is 2. The first-order valence-corrected chi connectivity index (χ1v) is 8.64. The number of hydrogen-bond donors (Lipinski definition) is 2. The van der Waals surface area contributed by atoms with E-state index < -0.39 is 0 Å². The van der Waals surface area contributed by atoms with Crippen LogP contribution >= 0.6 is 12.2 Å². The van der Waals surface area contributed by atoms with E-state index >= 15 is 0 Å². The number of anilines is 2. The van der Waals surface area contributed by atoms with E-state index in [1.807, 2.05) is 18.2 Å². The molecule has 0 unspecified atom stereocenters. The Morgan fingerprint density at radius 3 is 2.33 bits per heavy atom. The van der Waals surface area contributed by atoms with Crippen molar-refractivity contribution in [3.8, 4) is 11.5 Å². The molecule has 24 heavy (non-hydrogen) atoms. The minimum atomic E-state index is 0.544. The number of thiocarbonyl (C=S) groups is 1. The third-order valence-corrected chi connectivity index (χ3v) is 4.35. The largest absolute Gasteiger partial charge is 0.486 e. The van der Waals surface area contributed by atoms with Gasteiger partial charge in [-0.15, -0.1) is 0 Å². The molecule has 0 spiro atoms. The number of nitrogens with one attached hydrogen (secondary N) is 2. The van der Waals surface area contributed by atoms with Crippen molar-refractivity contribution in [3.63, 3.8) is 0 Å². The summed E-state index contributed by atoms with van der Waals surface area (Å²) in [7, 11) is 0. The lowest BCUT2D eigenvalue weighted by atomic mass is 9.99. The highest BCUT2D eigenvalue weighted by Gasteiger charge is 2.12. The summed E-state index contributed by atoms with van der Waals surface area (Å²) in [6, 6.07) is 14.1. The predicted octanol–water partition coefficient (Wildman–Crippen LogP) is 4.78. The zero-order chi connectivity index (χ0) is 16.9. The summed E-state index contributed by atoms with van der Waals surface area (Å²) in [6.45, 7) is 5.59. The molecule has 1 heterocycles. The van der Waals surface area contributed by atoms with Crippen LogP contribution in [-0.4, -0.2) is 18.3 Å². The average molecular weight is 342 g/mol. The molecule has 4 nitrogen and oxygen atoms in total. The van der Waals surface area contributed by atoms with Crippen molar-refractivity contribution in [1.29, 1.82) is 0 Å². The van der Waals surface area contributed by atoms with Crippen LogP contribution in [0.2, 0.25) is 0 Å². The van der Waals surface area contributed by atoms with Crippen molar-refractivity contribution < 1.29 is 9.47 Å². The standard InChI is InChI=1S/C19H22N2O2S/c1-3-13(2)14-4-6-15(7-5-14)20-19(24)21-16-8-9-17-18(12-16)23-11-10-22-17/h4-9,12-13H,3,10-11H2,1-2H3,(H2,20,21,24)/t13-/m1/s1. The maximum atomic E-state index is 5.58. The number of hydrogen-bond acceptors (Lipinski definition) is 3. The highest BCUT2D eigenvalue weighted by atomic mass is 32.1. The molecule has 1 atom stereocenters. The van der Waals surface area contributed by atoms with Crippen LogP contribution in [0.5, 0.6) is 11.5 Å².